The van der Waals surface area contributed by atoms with Crippen molar-refractivity contribution < 1.29 is 0 Å². The molecular formula is C21H14ClN3O2S. The minimum atomic E-state index is -0.574. The van der Waals surface area contributed by atoms with Crippen LogP contribution in [0.15, 0.2) is 97.3 Å². The normalized spacial score (nSPS) is 11.3. The van der Waals surface area contributed by atoms with E-state index in [0.717, 1.165) is 20.0 Å². The van der Waals surface area contributed by atoms with Crippen LogP contribution in [0.2, 0.25) is 5.02 Å². The van der Waals surface area contributed by atoms with Crippen molar-refractivity contribution >= 4 is 40.5 Å². The fourth-order valence-corrected chi connectivity index (χ4v) is 3.59. The second-order valence-electron chi connectivity index (χ2n) is 5.96. The first-order valence-corrected chi connectivity index (χ1v) is 9.61. The fraction of sp³-hybridized carbons (Fsp3) is 0. The summed E-state index contributed by atoms with van der Waals surface area (Å²) in [6.45, 7) is 0. The van der Waals surface area contributed by atoms with Gasteiger partial charge in [0.2, 0.25) is 0 Å². The van der Waals surface area contributed by atoms with Gasteiger partial charge < -0.3 is 4.98 Å². The number of benzene rings is 3. The van der Waals surface area contributed by atoms with Crippen LogP contribution >= 0.6 is 23.4 Å². The van der Waals surface area contributed by atoms with E-state index in [1.807, 2.05) is 48.5 Å². The van der Waals surface area contributed by atoms with Gasteiger partial charge in [0.25, 0.3) is 5.56 Å². The summed E-state index contributed by atoms with van der Waals surface area (Å²) in [5, 5.41) is 5.18. The Morgan fingerprint density at radius 1 is 0.893 bits per heavy atom. The molecule has 0 bridgehead atoms. The smallest absolute Gasteiger partial charge is 0.305 e. The first-order chi connectivity index (χ1) is 13.6. The van der Waals surface area contributed by atoms with Gasteiger partial charge in [0.1, 0.15) is 0 Å². The van der Waals surface area contributed by atoms with Crippen LogP contribution in [0.25, 0.3) is 10.9 Å². The van der Waals surface area contributed by atoms with Crippen molar-refractivity contribution in [1.82, 2.24) is 9.66 Å². The summed E-state index contributed by atoms with van der Waals surface area (Å²) in [6.07, 6.45) is 1.49. The van der Waals surface area contributed by atoms with Crippen molar-refractivity contribution in [2.24, 2.45) is 5.10 Å². The molecule has 0 radical (unpaired) electrons. The van der Waals surface area contributed by atoms with Crippen LogP contribution < -0.4 is 11.2 Å². The maximum Gasteiger partial charge on any atom is 0.349 e. The van der Waals surface area contributed by atoms with Crippen LogP contribution in [0.4, 0.5) is 0 Å². The quantitative estimate of drug-likeness (QED) is 0.510. The third-order valence-corrected chi connectivity index (χ3v) is 5.30. The molecule has 7 heteroatoms. The van der Waals surface area contributed by atoms with E-state index < -0.39 is 11.2 Å². The Morgan fingerprint density at radius 2 is 1.54 bits per heavy atom. The minimum Gasteiger partial charge on any atom is -0.305 e. The molecule has 0 spiro atoms. The molecule has 1 N–H and O–H groups in total. The molecule has 5 nitrogen and oxygen atoms in total. The molecule has 3 aromatic carbocycles. The molecule has 0 saturated heterocycles. The van der Waals surface area contributed by atoms with Crippen LogP contribution in [-0.2, 0) is 0 Å². The van der Waals surface area contributed by atoms with Gasteiger partial charge in [-0.25, -0.2) is 4.79 Å². The monoisotopic (exact) mass is 407 g/mol. The average Bonchev–Trinajstić information content (AvgIpc) is 2.71. The SMILES string of the molecule is O=c1[nH]c2ccccc2c(=O)n1N=Cc1ccc(Sc2ccc(Cl)cc2)cc1. The third-order valence-electron chi connectivity index (χ3n) is 4.04. The summed E-state index contributed by atoms with van der Waals surface area (Å²) in [7, 11) is 0. The number of H-pyrrole nitrogens is 1. The number of hydrogen-bond donors (Lipinski definition) is 1. The predicted molar refractivity (Wildman–Crippen MR) is 114 cm³/mol. The molecule has 0 amide bonds. The van der Waals surface area contributed by atoms with Gasteiger partial charge in [-0.2, -0.15) is 5.10 Å². The summed E-state index contributed by atoms with van der Waals surface area (Å²) >= 11 is 7.52. The van der Waals surface area contributed by atoms with E-state index in [1.54, 1.807) is 36.0 Å². The summed E-state index contributed by atoms with van der Waals surface area (Å²) in [6, 6.07) is 22.1. The zero-order valence-corrected chi connectivity index (χ0v) is 16.1. The molecule has 0 aliphatic rings. The van der Waals surface area contributed by atoms with E-state index in [1.165, 1.54) is 6.21 Å². The Bertz CT molecular complexity index is 1280. The summed E-state index contributed by atoms with van der Waals surface area (Å²) < 4.78 is 0.832. The van der Waals surface area contributed by atoms with Gasteiger partial charge in [0, 0.05) is 14.8 Å². The van der Waals surface area contributed by atoms with Crippen molar-refractivity contribution in [3.8, 4) is 0 Å². The highest BCUT2D eigenvalue weighted by Gasteiger charge is 2.05. The van der Waals surface area contributed by atoms with Crippen molar-refractivity contribution in [3.05, 3.63) is 104 Å². The van der Waals surface area contributed by atoms with Crippen LogP contribution in [0, 0.1) is 0 Å². The van der Waals surface area contributed by atoms with Gasteiger partial charge in [-0.05, 0) is 54.1 Å². The lowest BCUT2D eigenvalue weighted by Gasteiger charge is -2.03. The molecule has 0 aliphatic carbocycles. The molecule has 0 fully saturated rings. The molecule has 4 rings (SSSR count). The van der Waals surface area contributed by atoms with Gasteiger partial charge in [-0.15, -0.1) is 4.68 Å². The fourth-order valence-electron chi connectivity index (χ4n) is 2.64. The zero-order valence-electron chi connectivity index (χ0n) is 14.5. The number of nitrogens with one attached hydrogen (secondary N) is 1. The topological polar surface area (TPSA) is 67.2 Å². The standard InChI is InChI=1S/C21H14ClN3O2S/c22-15-7-11-17(12-8-15)28-16-9-5-14(6-10-16)13-23-25-20(26)18-3-1-2-4-19(18)24-21(25)27/h1-13H,(H,24,27). The summed E-state index contributed by atoms with van der Waals surface area (Å²) in [4.78, 5) is 29.4. The maximum absolute atomic E-state index is 12.5. The summed E-state index contributed by atoms with van der Waals surface area (Å²) in [5.41, 5.74) is 0.243. The van der Waals surface area contributed by atoms with Crippen molar-refractivity contribution in [2.45, 2.75) is 9.79 Å². The Kier molecular flexibility index (Phi) is 5.14. The van der Waals surface area contributed by atoms with Crippen LogP contribution in [-0.4, -0.2) is 15.9 Å². The minimum absolute atomic E-state index is 0.411. The highest BCUT2D eigenvalue weighted by Crippen LogP contribution is 2.28. The molecule has 0 atom stereocenters. The second-order valence-corrected chi connectivity index (χ2v) is 7.55. The number of aromatic nitrogens is 2. The van der Waals surface area contributed by atoms with E-state index in [-0.39, 0.29) is 0 Å². The third kappa shape index (κ3) is 3.93. The molecule has 1 heterocycles. The number of aromatic amines is 1. The number of fused-ring (bicyclic) bond motifs is 1. The first kappa shape index (κ1) is 18.3. The Morgan fingerprint density at radius 3 is 2.25 bits per heavy atom. The number of hydrogen-bond acceptors (Lipinski definition) is 4. The maximum atomic E-state index is 12.5. The zero-order chi connectivity index (χ0) is 19.5. The Hall–Kier alpha value is -3.09. The second kappa shape index (κ2) is 7.88. The number of nitrogens with zero attached hydrogens (tertiary/aromatic N) is 2. The lowest BCUT2D eigenvalue weighted by Crippen LogP contribution is -2.32. The highest BCUT2D eigenvalue weighted by molar-refractivity contribution is 7.99. The Labute approximate surface area is 169 Å². The van der Waals surface area contributed by atoms with Gasteiger partial charge in [0.05, 0.1) is 17.1 Å². The lowest BCUT2D eigenvalue weighted by molar-refractivity contribution is 0.771. The molecule has 0 saturated carbocycles. The van der Waals surface area contributed by atoms with Crippen molar-refractivity contribution in [2.75, 3.05) is 0 Å². The van der Waals surface area contributed by atoms with Crippen molar-refractivity contribution in [1.29, 1.82) is 0 Å². The number of para-hydroxylation sites is 1. The van der Waals surface area contributed by atoms with E-state index in [9.17, 15) is 9.59 Å². The van der Waals surface area contributed by atoms with Crippen LogP contribution in [0.5, 0.6) is 0 Å². The average molecular weight is 408 g/mol. The summed E-state index contributed by atoms with van der Waals surface area (Å²) in [5.74, 6) is 0. The molecular weight excluding hydrogens is 394 g/mol. The van der Waals surface area contributed by atoms with Gasteiger partial charge in [-0.1, -0.05) is 47.6 Å². The number of rotatable bonds is 4. The highest BCUT2D eigenvalue weighted by atomic mass is 35.5. The molecule has 1 aromatic heterocycles. The molecule has 4 aromatic rings. The molecule has 138 valence electrons. The Balaban J connectivity index is 1.57. The van der Waals surface area contributed by atoms with Gasteiger partial charge >= 0.3 is 5.69 Å². The van der Waals surface area contributed by atoms with E-state index >= 15 is 0 Å². The first-order valence-electron chi connectivity index (χ1n) is 8.42. The predicted octanol–water partition coefficient (Wildman–Crippen LogP) is 4.38. The largest absolute Gasteiger partial charge is 0.349 e. The van der Waals surface area contributed by atoms with Gasteiger partial charge in [0.15, 0.2) is 0 Å². The molecule has 0 aliphatic heterocycles. The van der Waals surface area contributed by atoms with Crippen molar-refractivity contribution in [3.63, 3.8) is 0 Å². The van der Waals surface area contributed by atoms with Gasteiger partial charge in [-0.3, -0.25) is 4.79 Å². The van der Waals surface area contributed by atoms with E-state index in [2.05, 4.69) is 10.1 Å². The number of halogens is 1. The molecule has 28 heavy (non-hydrogen) atoms. The lowest BCUT2D eigenvalue weighted by atomic mass is 10.2. The van der Waals surface area contributed by atoms with E-state index in [4.69, 9.17) is 11.6 Å². The van der Waals surface area contributed by atoms with Crippen LogP contribution in [0.3, 0.4) is 0 Å². The van der Waals surface area contributed by atoms with Crippen LogP contribution in [0.1, 0.15) is 5.56 Å². The van der Waals surface area contributed by atoms with E-state index in [0.29, 0.717) is 15.9 Å². The molecule has 0 unspecified atom stereocenters.